The fourth-order valence-corrected chi connectivity index (χ4v) is 2.50. The molecule has 0 saturated heterocycles. The predicted octanol–water partition coefficient (Wildman–Crippen LogP) is 2.19. The van der Waals surface area contributed by atoms with E-state index in [0.717, 1.165) is 11.1 Å². The molecule has 0 bridgehead atoms. The number of rotatable bonds is 6. The van der Waals surface area contributed by atoms with E-state index in [0.29, 0.717) is 5.56 Å². The maximum Gasteiger partial charge on any atom is 0.163 e. The first-order chi connectivity index (χ1) is 13.0. The van der Waals surface area contributed by atoms with Gasteiger partial charge in [0.25, 0.3) is 0 Å². The maximum atomic E-state index is 12.4. The lowest BCUT2D eigenvalue weighted by atomic mass is 9.89. The van der Waals surface area contributed by atoms with Crippen LogP contribution in [0.15, 0.2) is 54.6 Å². The van der Waals surface area contributed by atoms with Crippen molar-refractivity contribution in [2.45, 2.75) is 19.4 Å². The van der Waals surface area contributed by atoms with Gasteiger partial charge in [0.05, 0.1) is 0 Å². The van der Waals surface area contributed by atoms with Gasteiger partial charge in [-0.05, 0) is 43.0 Å². The van der Waals surface area contributed by atoms with Crippen molar-refractivity contribution in [3.63, 3.8) is 0 Å². The zero-order chi connectivity index (χ0) is 19.6. The molecule has 2 rings (SSSR count). The summed E-state index contributed by atoms with van der Waals surface area (Å²) < 4.78 is 0. The van der Waals surface area contributed by atoms with Crippen LogP contribution < -0.4 is 5.73 Å². The van der Waals surface area contributed by atoms with Gasteiger partial charge in [-0.3, -0.25) is 9.59 Å². The van der Waals surface area contributed by atoms with Crippen molar-refractivity contribution in [2.75, 3.05) is 6.61 Å². The highest BCUT2D eigenvalue weighted by Crippen LogP contribution is 2.15. The lowest BCUT2D eigenvalue weighted by Crippen LogP contribution is -2.36. The molecule has 27 heavy (non-hydrogen) atoms. The van der Waals surface area contributed by atoms with E-state index in [1.165, 1.54) is 0 Å². The molecule has 0 heterocycles. The number of hydrogen-bond donors (Lipinski definition) is 2. The van der Waals surface area contributed by atoms with Gasteiger partial charge in [-0.2, -0.15) is 0 Å². The van der Waals surface area contributed by atoms with E-state index in [1.54, 1.807) is 31.2 Å². The minimum atomic E-state index is -0.685. The molecular weight excluding hydrogens is 338 g/mol. The summed E-state index contributed by atoms with van der Waals surface area (Å²) in [6, 6.07) is 15.9. The van der Waals surface area contributed by atoms with E-state index in [4.69, 9.17) is 10.8 Å². The molecule has 2 atom stereocenters. The van der Waals surface area contributed by atoms with Gasteiger partial charge in [0, 0.05) is 35.1 Å². The molecular formula is C23H21NO3. The summed E-state index contributed by atoms with van der Waals surface area (Å²) in [4.78, 5) is 24.1. The summed E-state index contributed by atoms with van der Waals surface area (Å²) in [6.45, 7) is 1.04. The predicted molar refractivity (Wildman–Crippen MR) is 105 cm³/mol. The largest absolute Gasteiger partial charge is 0.389 e. The summed E-state index contributed by atoms with van der Waals surface area (Å²) >= 11 is 0. The van der Waals surface area contributed by atoms with Crippen molar-refractivity contribution in [1.82, 2.24) is 0 Å². The Morgan fingerprint density at radius 2 is 1.52 bits per heavy atom. The van der Waals surface area contributed by atoms with Gasteiger partial charge in [-0.15, -0.1) is 0 Å². The van der Waals surface area contributed by atoms with Gasteiger partial charge in [-0.25, -0.2) is 0 Å². The molecule has 0 aromatic heterocycles. The number of carbonyl (C=O) groups is 2. The van der Waals surface area contributed by atoms with Crippen LogP contribution in [0.4, 0.5) is 0 Å². The Morgan fingerprint density at radius 3 is 2.04 bits per heavy atom. The first-order valence-corrected chi connectivity index (χ1v) is 8.60. The lowest BCUT2D eigenvalue weighted by molar-refractivity contribution is -0.126. The summed E-state index contributed by atoms with van der Waals surface area (Å²) in [5.41, 5.74) is 7.87. The molecule has 0 unspecified atom stereocenters. The third-order valence-electron chi connectivity index (χ3n) is 4.07. The molecule has 0 aliphatic carbocycles. The highest BCUT2D eigenvalue weighted by atomic mass is 16.3. The van der Waals surface area contributed by atoms with Gasteiger partial charge in [0.2, 0.25) is 0 Å². The van der Waals surface area contributed by atoms with E-state index in [-0.39, 0.29) is 12.2 Å². The van der Waals surface area contributed by atoms with Crippen LogP contribution in [0.25, 0.3) is 0 Å². The molecule has 4 nitrogen and oxygen atoms in total. The third kappa shape index (κ3) is 6.24. The molecule has 0 amide bonds. The zero-order valence-corrected chi connectivity index (χ0v) is 15.1. The van der Waals surface area contributed by atoms with Crippen LogP contribution in [0.3, 0.4) is 0 Å². The molecule has 0 aliphatic heterocycles. The molecule has 2 aromatic rings. The van der Waals surface area contributed by atoms with Crippen LogP contribution >= 0.6 is 0 Å². The highest BCUT2D eigenvalue weighted by Gasteiger charge is 2.25. The first-order valence-electron chi connectivity index (χ1n) is 8.60. The molecule has 0 radical (unpaired) electrons. The molecule has 0 aliphatic rings. The van der Waals surface area contributed by atoms with Crippen LogP contribution in [0.1, 0.15) is 34.8 Å². The quantitative estimate of drug-likeness (QED) is 0.612. The fourth-order valence-electron chi connectivity index (χ4n) is 2.50. The standard InChI is InChI=1S/C23H21NO3/c1-17(24)21(23(27)16-25)15-22(26)20-13-11-19(12-14-20)10-6-5-9-18-7-3-2-4-8-18/h2-4,7-8,11-14,17,21,25H,15-16,24H2,1H3/t17-,21+/m1/s1. The smallest absolute Gasteiger partial charge is 0.163 e. The normalized spacial score (nSPS) is 12.0. The van der Waals surface area contributed by atoms with E-state index < -0.39 is 24.3 Å². The van der Waals surface area contributed by atoms with Crippen molar-refractivity contribution >= 4 is 11.6 Å². The second-order valence-corrected chi connectivity index (χ2v) is 6.16. The highest BCUT2D eigenvalue weighted by molar-refractivity contribution is 5.99. The zero-order valence-electron chi connectivity index (χ0n) is 15.1. The van der Waals surface area contributed by atoms with Gasteiger partial charge in [0.1, 0.15) is 6.61 Å². The topological polar surface area (TPSA) is 80.4 Å². The minimum absolute atomic E-state index is 0.0232. The molecule has 2 aromatic carbocycles. The van der Waals surface area contributed by atoms with Crippen molar-refractivity contribution in [3.8, 4) is 23.7 Å². The molecule has 0 spiro atoms. The van der Waals surface area contributed by atoms with E-state index >= 15 is 0 Å². The Hall–Kier alpha value is -3.18. The lowest BCUT2D eigenvalue weighted by Gasteiger charge is -2.17. The number of aliphatic hydroxyl groups is 1. The number of ketones is 2. The summed E-state index contributed by atoms with van der Waals surface area (Å²) in [5.74, 6) is 10.2. The Kier molecular flexibility index (Phi) is 7.52. The van der Waals surface area contributed by atoms with Crippen LogP contribution in [0.2, 0.25) is 0 Å². The molecule has 136 valence electrons. The van der Waals surface area contributed by atoms with Gasteiger partial charge < -0.3 is 10.8 Å². The number of carbonyl (C=O) groups excluding carboxylic acids is 2. The first kappa shape index (κ1) is 20.1. The molecule has 3 N–H and O–H groups in total. The van der Waals surface area contributed by atoms with Crippen LogP contribution in [0.5, 0.6) is 0 Å². The summed E-state index contributed by atoms with van der Waals surface area (Å²) in [5, 5.41) is 9.01. The number of Topliss-reactive ketones (excluding diaryl/α,β-unsaturated/α-hetero) is 2. The average molecular weight is 359 g/mol. The molecule has 4 heteroatoms. The van der Waals surface area contributed by atoms with Crippen LogP contribution in [0, 0.1) is 29.6 Å². The molecule has 0 fully saturated rings. The van der Waals surface area contributed by atoms with Crippen molar-refractivity contribution in [1.29, 1.82) is 0 Å². The number of nitrogens with two attached hydrogens (primary N) is 1. The number of hydrogen-bond acceptors (Lipinski definition) is 4. The monoisotopic (exact) mass is 359 g/mol. The van der Waals surface area contributed by atoms with E-state index in [9.17, 15) is 9.59 Å². The summed E-state index contributed by atoms with van der Waals surface area (Å²) in [7, 11) is 0. The number of aliphatic hydroxyl groups excluding tert-OH is 1. The fraction of sp³-hybridized carbons (Fsp3) is 0.217. The van der Waals surface area contributed by atoms with Crippen LogP contribution in [-0.2, 0) is 4.79 Å². The summed E-state index contributed by atoms with van der Waals surface area (Å²) in [6.07, 6.45) is -0.0232. The van der Waals surface area contributed by atoms with Crippen LogP contribution in [-0.4, -0.2) is 29.3 Å². The Bertz CT molecular complexity index is 907. The maximum absolute atomic E-state index is 12.4. The Morgan fingerprint density at radius 1 is 0.963 bits per heavy atom. The minimum Gasteiger partial charge on any atom is -0.389 e. The van der Waals surface area contributed by atoms with Crippen molar-refractivity contribution in [3.05, 3.63) is 71.3 Å². The van der Waals surface area contributed by atoms with Crippen molar-refractivity contribution in [2.24, 2.45) is 11.7 Å². The Labute approximate surface area is 159 Å². The van der Waals surface area contributed by atoms with E-state index in [1.807, 2.05) is 30.3 Å². The van der Waals surface area contributed by atoms with E-state index in [2.05, 4.69) is 23.7 Å². The second-order valence-electron chi connectivity index (χ2n) is 6.16. The average Bonchev–Trinajstić information content (AvgIpc) is 2.69. The number of benzene rings is 2. The second kappa shape index (κ2) is 10.1. The SMILES string of the molecule is C[C@@H](N)[C@H](CC(=O)c1ccc(C#CC#Cc2ccccc2)cc1)C(=O)CO. The van der Waals surface area contributed by atoms with Gasteiger partial charge in [-0.1, -0.05) is 42.2 Å². The van der Waals surface area contributed by atoms with Gasteiger partial charge in [0.15, 0.2) is 11.6 Å². The van der Waals surface area contributed by atoms with Crippen molar-refractivity contribution < 1.29 is 14.7 Å². The van der Waals surface area contributed by atoms with Gasteiger partial charge >= 0.3 is 0 Å². The Balaban J connectivity index is 2.03. The molecule has 0 saturated carbocycles. The third-order valence-corrected chi connectivity index (χ3v) is 4.07.